The van der Waals surface area contributed by atoms with Crippen molar-refractivity contribution in [1.82, 2.24) is 9.97 Å². The van der Waals surface area contributed by atoms with Crippen LogP contribution in [0.15, 0.2) is 84.9 Å². The van der Waals surface area contributed by atoms with E-state index in [-0.39, 0.29) is 0 Å². The Kier molecular flexibility index (Phi) is 4.28. The molecule has 1 heterocycles. The van der Waals surface area contributed by atoms with Crippen molar-refractivity contribution in [3.05, 3.63) is 90.5 Å². The molecular formula is C22H15F3N2. The third kappa shape index (κ3) is 3.49. The lowest BCUT2D eigenvalue weighted by Gasteiger charge is -2.07. The van der Waals surface area contributed by atoms with Crippen molar-refractivity contribution in [2.24, 2.45) is 0 Å². The van der Waals surface area contributed by atoms with Crippen molar-refractivity contribution in [1.29, 1.82) is 0 Å². The number of alkyl halides is 3. The third-order valence-electron chi connectivity index (χ3n) is 4.28. The number of aromatic amines is 1. The van der Waals surface area contributed by atoms with Gasteiger partial charge >= 0.3 is 6.18 Å². The smallest absolute Gasteiger partial charge is 0.337 e. The molecule has 0 unspecified atom stereocenters. The fourth-order valence-electron chi connectivity index (χ4n) is 2.97. The van der Waals surface area contributed by atoms with E-state index in [1.54, 1.807) is 6.07 Å². The van der Waals surface area contributed by atoms with Crippen LogP contribution in [0.1, 0.15) is 5.56 Å². The summed E-state index contributed by atoms with van der Waals surface area (Å²) in [4.78, 5) is 7.84. The zero-order valence-electron chi connectivity index (χ0n) is 14.2. The Bertz CT molecular complexity index is 995. The molecule has 0 amide bonds. The van der Waals surface area contributed by atoms with Gasteiger partial charge in [0.1, 0.15) is 5.82 Å². The molecule has 1 aromatic heterocycles. The highest BCUT2D eigenvalue weighted by molar-refractivity contribution is 5.81. The second-order valence-electron chi connectivity index (χ2n) is 6.12. The molecular weight excluding hydrogens is 349 g/mol. The molecule has 5 heteroatoms. The van der Waals surface area contributed by atoms with E-state index in [1.165, 1.54) is 6.07 Å². The molecule has 2 nitrogen and oxygen atoms in total. The van der Waals surface area contributed by atoms with Gasteiger partial charge in [0.25, 0.3) is 0 Å². The Morgan fingerprint density at radius 2 is 1.26 bits per heavy atom. The number of rotatable bonds is 3. The second kappa shape index (κ2) is 6.76. The molecule has 0 atom stereocenters. The highest BCUT2D eigenvalue weighted by Crippen LogP contribution is 2.35. The van der Waals surface area contributed by atoms with E-state index in [9.17, 15) is 13.2 Å². The van der Waals surface area contributed by atoms with Crippen LogP contribution in [-0.4, -0.2) is 9.97 Å². The summed E-state index contributed by atoms with van der Waals surface area (Å²) >= 11 is 0. The topological polar surface area (TPSA) is 28.7 Å². The molecule has 134 valence electrons. The van der Waals surface area contributed by atoms with Gasteiger partial charge in [-0.25, -0.2) is 4.98 Å². The first-order valence-corrected chi connectivity index (χ1v) is 8.41. The van der Waals surface area contributed by atoms with Crippen LogP contribution >= 0.6 is 0 Å². The Hall–Kier alpha value is -3.34. The molecule has 0 spiro atoms. The van der Waals surface area contributed by atoms with Gasteiger partial charge in [0.05, 0.1) is 17.0 Å². The summed E-state index contributed by atoms with van der Waals surface area (Å²) in [7, 11) is 0. The molecule has 27 heavy (non-hydrogen) atoms. The molecule has 4 rings (SSSR count). The maximum absolute atomic E-state index is 13.1. The largest absolute Gasteiger partial charge is 0.416 e. The predicted molar refractivity (Wildman–Crippen MR) is 99.9 cm³/mol. The summed E-state index contributed by atoms with van der Waals surface area (Å²) < 4.78 is 39.2. The molecule has 0 saturated heterocycles. The molecule has 0 aliphatic carbocycles. The van der Waals surface area contributed by atoms with Crippen LogP contribution in [0.2, 0.25) is 0 Å². The SMILES string of the molecule is FC(F)(F)c1cccc(-c2nc(-c3ccccc3)c(-c3ccccc3)[nH]2)c1. The Balaban J connectivity index is 1.88. The molecule has 1 N–H and O–H groups in total. The summed E-state index contributed by atoms with van der Waals surface area (Å²) in [6.07, 6.45) is -4.40. The first kappa shape index (κ1) is 17.1. The van der Waals surface area contributed by atoms with Crippen molar-refractivity contribution in [3.63, 3.8) is 0 Å². The van der Waals surface area contributed by atoms with Crippen LogP contribution < -0.4 is 0 Å². The van der Waals surface area contributed by atoms with Crippen molar-refractivity contribution < 1.29 is 13.2 Å². The third-order valence-corrected chi connectivity index (χ3v) is 4.28. The number of hydrogen-bond donors (Lipinski definition) is 1. The van der Waals surface area contributed by atoms with Gasteiger partial charge in [-0.1, -0.05) is 72.8 Å². The molecule has 0 fully saturated rings. The van der Waals surface area contributed by atoms with E-state index < -0.39 is 11.7 Å². The monoisotopic (exact) mass is 364 g/mol. The predicted octanol–water partition coefficient (Wildman–Crippen LogP) is 6.43. The second-order valence-corrected chi connectivity index (χ2v) is 6.12. The molecule has 0 bridgehead atoms. The van der Waals surface area contributed by atoms with Crippen LogP contribution in [0.5, 0.6) is 0 Å². The minimum absolute atomic E-state index is 0.393. The first-order valence-electron chi connectivity index (χ1n) is 8.41. The van der Waals surface area contributed by atoms with Crippen molar-refractivity contribution in [2.75, 3.05) is 0 Å². The number of nitrogens with zero attached hydrogens (tertiary/aromatic N) is 1. The minimum Gasteiger partial charge on any atom is -0.337 e. The van der Waals surface area contributed by atoms with E-state index in [2.05, 4.69) is 9.97 Å². The van der Waals surface area contributed by atoms with Gasteiger partial charge in [0.2, 0.25) is 0 Å². The van der Waals surface area contributed by atoms with Crippen molar-refractivity contribution in [3.8, 4) is 33.9 Å². The quantitative estimate of drug-likeness (QED) is 0.446. The van der Waals surface area contributed by atoms with Crippen LogP contribution in [0.4, 0.5) is 13.2 Å². The normalized spacial score (nSPS) is 11.5. The van der Waals surface area contributed by atoms with E-state index in [0.717, 1.165) is 29.0 Å². The van der Waals surface area contributed by atoms with E-state index >= 15 is 0 Å². The Morgan fingerprint density at radius 1 is 0.667 bits per heavy atom. The van der Waals surface area contributed by atoms with Gasteiger partial charge in [0.15, 0.2) is 0 Å². The minimum atomic E-state index is -4.40. The van der Waals surface area contributed by atoms with Crippen LogP contribution in [0.3, 0.4) is 0 Å². The van der Waals surface area contributed by atoms with Gasteiger partial charge < -0.3 is 4.98 Å². The summed E-state index contributed by atoms with van der Waals surface area (Å²) in [5.74, 6) is 0.402. The number of imidazole rings is 1. The number of nitrogens with one attached hydrogen (secondary N) is 1. The zero-order valence-corrected chi connectivity index (χ0v) is 14.2. The molecule has 0 radical (unpaired) electrons. The lowest BCUT2D eigenvalue weighted by Crippen LogP contribution is -2.04. The van der Waals surface area contributed by atoms with Crippen LogP contribution in [0, 0.1) is 0 Å². The summed E-state index contributed by atoms with van der Waals surface area (Å²) in [5.41, 5.74) is 2.99. The van der Waals surface area contributed by atoms with Gasteiger partial charge in [0, 0.05) is 16.7 Å². The van der Waals surface area contributed by atoms with E-state index in [4.69, 9.17) is 0 Å². The number of aromatic nitrogens is 2. The average molecular weight is 364 g/mol. The highest BCUT2D eigenvalue weighted by atomic mass is 19.4. The van der Waals surface area contributed by atoms with E-state index in [1.807, 2.05) is 60.7 Å². The summed E-state index contributed by atoms with van der Waals surface area (Å²) in [6.45, 7) is 0. The maximum atomic E-state index is 13.1. The zero-order chi connectivity index (χ0) is 18.9. The molecule has 4 aromatic rings. The number of benzene rings is 3. The standard InChI is InChI=1S/C22H15F3N2/c23-22(24,25)18-13-7-12-17(14-18)21-26-19(15-8-3-1-4-9-15)20(27-21)16-10-5-2-6-11-16/h1-14H,(H,26,27). The van der Waals surface area contributed by atoms with Crippen LogP contribution in [-0.2, 0) is 6.18 Å². The molecule has 0 aliphatic heterocycles. The maximum Gasteiger partial charge on any atom is 0.416 e. The highest BCUT2D eigenvalue weighted by Gasteiger charge is 2.30. The lowest BCUT2D eigenvalue weighted by atomic mass is 10.1. The Morgan fingerprint density at radius 3 is 1.89 bits per heavy atom. The fraction of sp³-hybridized carbons (Fsp3) is 0.0455. The fourth-order valence-corrected chi connectivity index (χ4v) is 2.97. The lowest BCUT2D eigenvalue weighted by molar-refractivity contribution is -0.137. The molecule has 0 saturated carbocycles. The van der Waals surface area contributed by atoms with Gasteiger partial charge in [-0.3, -0.25) is 0 Å². The Labute approximate surface area is 154 Å². The van der Waals surface area contributed by atoms with Gasteiger partial charge in [-0.05, 0) is 12.1 Å². The number of H-pyrrole nitrogens is 1. The van der Waals surface area contributed by atoms with Crippen LogP contribution in [0.25, 0.3) is 33.9 Å². The molecule has 3 aromatic carbocycles. The first-order chi connectivity index (χ1) is 13.0. The number of hydrogen-bond acceptors (Lipinski definition) is 1. The van der Waals surface area contributed by atoms with Gasteiger partial charge in [-0.2, -0.15) is 13.2 Å². The van der Waals surface area contributed by atoms with Crippen molar-refractivity contribution in [2.45, 2.75) is 6.18 Å². The van der Waals surface area contributed by atoms with Gasteiger partial charge in [-0.15, -0.1) is 0 Å². The molecule has 0 aliphatic rings. The average Bonchev–Trinajstić information content (AvgIpc) is 3.14. The van der Waals surface area contributed by atoms with E-state index in [0.29, 0.717) is 17.1 Å². The number of halogens is 3. The summed E-state index contributed by atoms with van der Waals surface area (Å²) in [6, 6.07) is 24.4. The van der Waals surface area contributed by atoms with Crippen molar-refractivity contribution >= 4 is 0 Å². The summed E-state index contributed by atoms with van der Waals surface area (Å²) in [5, 5.41) is 0.